The summed E-state index contributed by atoms with van der Waals surface area (Å²) >= 11 is 6.12. The molecular formula is C19H27ClN2O3. The van der Waals surface area contributed by atoms with Crippen LogP contribution < -0.4 is 10.1 Å². The first-order valence-electron chi connectivity index (χ1n) is 8.91. The molecule has 0 saturated carbocycles. The van der Waals surface area contributed by atoms with Crippen LogP contribution in [0.25, 0.3) is 0 Å². The average molecular weight is 367 g/mol. The first-order valence-corrected chi connectivity index (χ1v) is 9.29. The highest BCUT2D eigenvalue weighted by molar-refractivity contribution is 6.32. The third kappa shape index (κ3) is 6.24. The Labute approximate surface area is 154 Å². The molecule has 0 bridgehead atoms. The van der Waals surface area contributed by atoms with E-state index in [4.69, 9.17) is 16.3 Å². The second kappa shape index (κ2) is 9.66. The highest BCUT2D eigenvalue weighted by atomic mass is 35.5. The Balaban J connectivity index is 1.66. The summed E-state index contributed by atoms with van der Waals surface area (Å²) in [6.07, 6.45) is 4.61. The van der Waals surface area contributed by atoms with E-state index in [2.05, 4.69) is 5.32 Å². The normalized spacial score (nSPS) is 15.0. The molecule has 0 aromatic heterocycles. The van der Waals surface area contributed by atoms with E-state index >= 15 is 0 Å². The van der Waals surface area contributed by atoms with Crippen LogP contribution in [-0.2, 0) is 9.59 Å². The third-order valence-electron chi connectivity index (χ3n) is 4.38. The Hall–Kier alpha value is -1.75. The lowest BCUT2D eigenvalue weighted by Crippen LogP contribution is -2.35. The lowest BCUT2D eigenvalue weighted by molar-refractivity contribution is -0.130. The van der Waals surface area contributed by atoms with Crippen molar-refractivity contribution in [3.05, 3.63) is 28.3 Å². The van der Waals surface area contributed by atoms with Crippen LogP contribution in [0.3, 0.4) is 0 Å². The molecule has 5 nitrogen and oxygen atoms in total. The average Bonchev–Trinajstić information content (AvgIpc) is 2.79. The highest BCUT2D eigenvalue weighted by Gasteiger charge is 2.15. The molecule has 2 rings (SSSR count). The molecule has 1 heterocycles. The fraction of sp³-hybridized carbons (Fsp3) is 0.579. The Kier molecular flexibility index (Phi) is 7.56. The Morgan fingerprint density at radius 1 is 1.24 bits per heavy atom. The molecule has 1 fully saturated rings. The summed E-state index contributed by atoms with van der Waals surface area (Å²) in [5.74, 6) is 0.720. The maximum atomic E-state index is 11.9. The van der Waals surface area contributed by atoms with Crippen molar-refractivity contribution in [2.75, 3.05) is 26.2 Å². The van der Waals surface area contributed by atoms with Crippen molar-refractivity contribution >= 4 is 23.4 Å². The zero-order chi connectivity index (χ0) is 18.2. The van der Waals surface area contributed by atoms with Gasteiger partial charge in [-0.05, 0) is 56.4 Å². The SMILES string of the molecule is Cc1cc(OCC(=O)NCCCN2CCCCCC2=O)cc(C)c1Cl. The number of nitrogens with one attached hydrogen (secondary N) is 1. The maximum absolute atomic E-state index is 11.9. The van der Waals surface area contributed by atoms with Crippen LogP contribution in [0.5, 0.6) is 5.75 Å². The summed E-state index contributed by atoms with van der Waals surface area (Å²) in [6.45, 7) is 5.88. The van der Waals surface area contributed by atoms with Gasteiger partial charge in [-0.3, -0.25) is 9.59 Å². The molecule has 1 N–H and O–H groups in total. The van der Waals surface area contributed by atoms with Crippen LogP contribution in [0.4, 0.5) is 0 Å². The number of carbonyl (C=O) groups is 2. The quantitative estimate of drug-likeness (QED) is 0.753. The van der Waals surface area contributed by atoms with Crippen molar-refractivity contribution in [3.63, 3.8) is 0 Å². The molecule has 1 aromatic rings. The number of rotatable bonds is 7. The molecule has 0 atom stereocenters. The van der Waals surface area contributed by atoms with Gasteiger partial charge in [0.05, 0.1) is 0 Å². The lowest BCUT2D eigenvalue weighted by atomic mass is 10.1. The third-order valence-corrected chi connectivity index (χ3v) is 4.97. The van der Waals surface area contributed by atoms with Crippen LogP contribution in [-0.4, -0.2) is 43.0 Å². The number of benzene rings is 1. The number of hydrogen-bond donors (Lipinski definition) is 1. The van der Waals surface area contributed by atoms with Crippen LogP contribution in [0.15, 0.2) is 12.1 Å². The van der Waals surface area contributed by atoms with Gasteiger partial charge in [-0.15, -0.1) is 0 Å². The first-order chi connectivity index (χ1) is 12.0. The van der Waals surface area contributed by atoms with Crippen molar-refractivity contribution in [2.45, 2.75) is 46.0 Å². The maximum Gasteiger partial charge on any atom is 0.257 e. The molecule has 0 spiro atoms. The Morgan fingerprint density at radius 3 is 2.68 bits per heavy atom. The minimum absolute atomic E-state index is 0.0246. The summed E-state index contributed by atoms with van der Waals surface area (Å²) in [4.78, 5) is 25.7. The number of amides is 2. The van der Waals surface area contributed by atoms with E-state index in [1.165, 1.54) is 0 Å². The number of likely N-dealkylation sites (tertiary alicyclic amines) is 1. The van der Waals surface area contributed by atoms with Crippen LogP contribution in [0.2, 0.25) is 5.02 Å². The predicted molar refractivity (Wildman–Crippen MR) is 99.1 cm³/mol. The fourth-order valence-corrected chi connectivity index (χ4v) is 3.07. The predicted octanol–water partition coefficient (Wildman–Crippen LogP) is 3.24. The van der Waals surface area contributed by atoms with Crippen LogP contribution in [0.1, 0.15) is 43.2 Å². The first kappa shape index (κ1) is 19.6. The summed E-state index contributed by atoms with van der Waals surface area (Å²) < 4.78 is 5.53. The van der Waals surface area contributed by atoms with E-state index < -0.39 is 0 Å². The van der Waals surface area contributed by atoms with Gasteiger partial charge in [0, 0.05) is 31.1 Å². The molecule has 1 aliphatic rings. The zero-order valence-corrected chi connectivity index (χ0v) is 15.8. The van der Waals surface area contributed by atoms with Crippen LogP contribution >= 0.6 is 11.6 Å². The van der Waals surface area contributed by atoms with E-state index in [0.717, 1.165) is 48.4 Å². The summed E-state index contributed by atoms with van der Waals surface area (Å²) in [5, 5.41) is 3.56. The number of carbonyl (C=O) groups excluding carboxylic acids is 2. The van der Waals surface area contributed by atoms with E-state index in [-0.39, 0.29) is 18.4 Å². The van der Waals surface area contributed by atoms with Gasteiger partial charge < -0.3 is 15.0 Å². The number of halogens is 1. The van der Waals surface area contributed by atoms with Crippen LogP contribution in [0, 0.1) is 13.8 Å². The lowest BCUT2D eigenvalue weighted by Gasteiger charge is -2.20. The van der Waals surface area contributed by atoms with E-state index in [1.807, 2.05) is 30.9 Å². The molecule has 1 aliphatic heterocycles. The van der Waals surface area contributed by atoms with Crippen molar-refractivity contribution in [2.24, 2.45) is 0 Å². The molecule has 0 radical (unpaired) electrons. The molecule has 138 valence electrons. The molecular weight excluding hydrogens is 340 g/mol. The standard InChI is InChI=1S/C19H27ClN2O3/c1-14-11-16(12-15(2)19(14)20)25-13-17(23)21-8-6-10-22-9-5-3-4-7-18(22)24/h11-12H,3-10,13H2,1-2H3,(H,21,23). The van der Waals surface area contributed by atoms with Gasteiger partial charge in [0.2, 0.25) is 5.91 Å². The molecule has 1 saturated heterocycles. The second-order valence-corrected chi connectivity index (χ2v) is 6.93. The largest absolute Gasteiger partial charge is 0.484 e. The van der Waals surface area contributed by atoms with Gasteiger partial charge >= 0.3 is 0 Å². The van der Waals surface area contributed by atoms with Crippen molar-refractivity contribution < 1.29 is 14.3 Å². The fourth-order valence-electron chi connectivity index (χ4n) is 2.96. The summed E-state index contributed by atoms with van der Waals surface area (Å²) in [6, 6.07) is 3.65. The molecule has 1 aromatic carbocycles. The van der Waals surface area contributed by atoms with Gasteiger partial charge in [0.15, 0.2) is 6.61 Å². The Bertz CT molecular complexity index is 596. The molecule has 6 heteroatoms. The van der Waals surface area contributed by atoms with Gasteiger partial charge in [-0.1, -0.05) is 18.0 Å². The second-order valence-electron chi connectivity index (χ2n) is 6.55. The smallest absolute Gasteiger partial charge is 0.257 e. The number of ether oxygens (including phenoxy) is 1. The number of nitrogens with zero attached hydrogens (tertiary/aromatic N) is 1. The van der Waals surface area contributed by atoms with Crippen molar-refractivity contribution in [3.8, 4) is 5.75 Å². The summed E-state index contributed by atoms with van der Waals surface area (Å²) in [5.41, 5.74) is 1.86. The number of aryl methyl sites for hydroxylation is 2. The Morgan fingerprint density at radius 2 is 1.96 bits per heavy atom. The monoisotopic (exact) mass is 366 g/mol. The van der Waals surface area contributed by atoms with Gasteiger partial charge in [0.1, 0.15) is 5.75 Å². The summed E-state index contributed by atoms with van der Waals surface area (Å²) in [7, 11) is 0. The van der Waals surface area contributed by atoms with E-state index in [1.54, 1.807) is 0 Å². The minimum atomic E-state index is -0.160. The van der Waals surface area contributed by atoms with E-state index in [9.17, 15) is 9.59 Å². The zero-order valence-electron chi connectivity index (χ0n) is 15.1. The molecule has 0 aliphatic carbocycles. The van der Waals surface area contributed by atoms with E-state index in [0.29, 0.717) is 25.3 Å². The van der Waals surface area contributed by atoms with Gasteiger partial charge in [0.25, 0.3) is 5.91 Å². The highest BCUT2D eigenvalue weighted by Crippen LogP contribution is 2.25. The van der Waals surface area contributed by atoms with Crippen molar-refractivity contribution in [1.29, 1.82) is 0 Å². The van der Waals surface area contributed by atoms with Gasteiger partial charge in [-0.25, -0.2) is 0 Å². The topological polar surface area (TPSA) is 58.6 Å². The minimum Gasteiger partial charge on any atom is -0.484 e. The molecule has 25 heavy (non-hydrogen) atoms. The van der Waals surface area contributed by atoms with Gasteiger partial charge in [-0.2, -0.15) is 0 Å². The van der Waals surface area contributed by atoms with Crippen molar-refractivity contribution in [1.82, 2.24) is 10.2 Å². The molecule has 2 amide bonds. The number of hydrogen-bond acceptors (Lipinski definition) is 3. The molecule has 0 unspecified atom stereocenters.